The number of rotatable bonds is 5. The number of hydrogen-bond donors (Lipinski definition) is 2. The van der Waals surface area contributed by atoms with Crippen LogP contribution in [0.25, 0.3) is 22.3 Å². The molecule has 3 aromatic rings. The van der Waals surface area contributed by atoms with E-state index in [0.29, 0.717) is 55.7 Å². The first-order valence-electron chi connectivity index (χ1n) is 13.2. The summed E-state index contributed by atoms with van der Waals surface area (Å²) in [5, 5.41) is 4.84. The third-order valence-corrected chi connectivity index (χ3v) is 7.38. The lowest BCUT2D eigenvalue weighted by Crippen LogP contribution is -2.53. The van der Waals surface area contributed by atoms with E-state index in [-0.39, 0.29) is 12.1 Å². The molecule has 11 heteroatoms. The van der Waals surface area contributed by atoms with E-state index in [1.165, 1.54) is 0 Å². The number of pyridine rings is 1. The number of halogens is 2. The van der Waals surface area contributed by atoms with E-state index in [4.69, 9.17) is 21.3 Å². The standard InChI is InChI=1S/C27H35ClFN7O2/c1-26(2,3)38-25(37)36-12-8-27(29,9-13-36)17-35-11-5-6-18(16-35)33-24-32-15-21(28)22(34-24)20-14-31-23-19(20)7-4-10-30-23/h4,7,10,14-15,18H,5-6,8-9,11-13,16-17H2,1-3H3,(H,30,31)(H,32,33,34)/t18-/m1/s1. The highest BCUT2D eigenvalue weighted by Crippen LogP contribution is 2.33. The molecule has 2 N–H and O–H groups in total. The average Bonchev–Trinajstić information content (AvgIpc) is 3.29. The molecule has 0 bridgehead atoms. The summed E-state index contributed by atoms with van der Waals surface area (Å²) >= 11 is 6.47. The van der Waals surface area contributed by atoms with Crippen LogP contribution in [0.15, 0.2) is 30.7 Å². The molecule has 0 aromatic carbocycles. The summed E-state index contributed by atoms with van der Waals surface area (Å²) in [5.74, 6) is 0.495. The van der Waals surface area contributed by atoms with Gasteiger partial charge in [0.2, 0.25) is 5.95 Å². The molecular weight excluding hydrogens is 509 g/mol. The maximum Gasteiger partial charge on any atom is 0.410 e. The van der Waals surface area contributed by atoms with Crippen LogP contribution in [0.1, 0.15) is 46.5 Å². The van der Waals surface area contributed by atoms with Crippen LogP contribution in [0.4, 0.5) is 15.1 Å². The number of carbonyl (C=O) groups is 1. The molecule has 0 radical (unpaired) electrons. The van der Waals surface area contributed by atoms with Crippen molar-refractivity contribution in [2.45, 2.75) is 63.8 Å². The number of ether oxygens (including phenoxy) is 1. The first-order chi connectivity index (χ1) is 18.1. The zero-order valence-corrected chi connectivity index (χ0v) is 22.9. The van der Waals surface area contributed by atoms with Gasteiger partial charge in [0, 0.05) is 68.4 Å². The molecule has 2 saturated heterocycles. The molecule has 38 heavy (non-hydrogen) atoms. The summed E-state index contributed by atoms with van der Waals surface area (Å²) in [7, 11) is 0. The van der Waals surface area contributed by atoms with Crippen molar-refractivity contribution in [1.82, 2.24) is 29.7 Å². The van der Waals surface area contributed by atoms with Gasteiger partial charge >= 0.3 is 6.09 Å². The van der Waals surface area contributed by atoms with Gasteiger partial charge in [-0.1, -0.05) is 11.6 Å². The van der Waals surface area contributed by atoms with Crippen LogP contribution in [0.2, 0.25) is 5.02 Å². The Kier molecular flexibility index (Phi) is 7.46. The van der Waals surface area contributed by atoms with Crippen LogP contribution < -0.4 is 5.32 Å². The van der Waals surface area contributed by atoms with Crippen molar-refractivity contribution >= 4 is 34.7 Å². The summed E-state index contributed by atoms with van der Waals surface area (Å²) in [6, 6.07) is 3.94. The third-order valence-electron chi connectivity index (χ3n) is 7.11. The van der Waals surface area contributed by atoms with Crippen molar-refractivity contribution in [2.24, 2.45) is 0 Å². The van der Waals surface area contributed by atoms with Crippen molar-refractivity contribution < 1.29 is 13.9 Å². The predicted molar refractivity (Wildman–Crippen MR) is 146 cm³/mol. The fourth-order valence-electron chi connectivity index (χ4n) is 5.25. The van der Waals surface area contributed by atoms with Crippen LogP contribution in [0.3, 0.4) is 0 Å². The van der Waals surface area contributed by atoms with Gasteiger partial charge in [-0.15, -0.1) is 0 Å². The Morgan fingerprint density at radius 3 is 2.84 bits per heavy atom. The Labute approximate surface area is 227 Å². The number of alkyl halides is 1. The van der Waals surface area contributed by atoms with Crippen molar-refractivity contribution in [3.05, 3.63) is 35.7 Å². The quantitative estimate of drug-likeness (QED) is 0.451. The molecule has 0 spiro atoms. The Morgan fingerprint density at radius 1 is 1.29 bits per heavy atom. The average molecular weight is 544 g/mol. The highest BCUT2D eigenvalue weighted by atomic mass is 35.5. The monoisotopic (exact) mass is 543 g/mol. The molecule has 1 amide bonds. The molecule has 0 aliphatic carbocycles. The normalized spacial score (nSPS) is 20.4. The minimum absolute atomic E-state index is 0.0906. The predicted octanol–water partition coefficient (Wildman–Crippen LogP) is 5.29. The second-order valence-corrected chi connectivity index (χ2v) is 11.7. The van der Waals surface area contributed by atoms with Gasteiger partial charge in [0.15, 0.2) is 0 Å². The van der Waals surface area contributed by atoms with E-state index in [1.807, 2.05) is 39.1 Å². The zero-order chi connectivity index (χ0) is 26.9. The highest BCUT2D eigenvalue weighted by molar-refractivity contribution is 6.33. The van der Waals surface area contributed by atoms with Crippen LogP contribution in [0, 0.1) is 0 Å². The van der Waals surface area contributed by atoms with Crippen molar-refractivity contribution in [2.75, 3.05) is 38.0 Å². The number of aromatic amines is 1. The third kappa shape index (κ3) is 6.18. The molecular formula is C27H35ClFN7O2. The fourth-order valence-corrected chi connectivity index (χ4v) is 5.45. The van der Waals surface area contributed by atoms with Gasteiger partial charge < -0.3 is 19.9 Å². The van der Waals surface area contributed by atoms with Gasteiger partial charge in [0.1, 0.15) is 16.9 Å². The number of aromatic nitrogens is 4. The molecule has 204 valence electrons. The zero-order valence-electron chi connectivity index (χ0n) is 22.1. The minimum Gasteiger partial charge on any atom is -0.444 e. The largest absolute Gasteiger partial charge is 0.444 e. The van der Waals surface area contributed by atoms with Gasteiger partial charge in [-0.2, -0.15) is 0 Å². The maximum atomic E-state index is 15.8. The fraction of sp³-hybridized carbons (Fsp3) is 0.556. The van der Waals surface area contributed by atoms with Crippen molar-refractivity contribution in [3.8, 4) is 11.3 Å². The van der Waals surface area contributed by atoms with Gasteiger partial charge in [0.25, 0.3) is 0 Å². The Balaban J connectivity index is 1.19. The number of fused-ring (bicyclic) bond motifs is 1. The summed E-state index contributed by atoms with van der Waals surface area (Å²) < 4.78 is 21.2. The number of piperidine rings is 2. The second-order valence-electron chi connectivity index (χ2n) is 11.3. The lowest BCUT2D eigenvalue weighted by atomic mass is 9.91. The molecule has 0 unspecified atom stereocenters. The summed E-state index contributed by atoms with van der Waals surface area (Å²) in [6.07, 6.45) is 7.34. The number of hydrogen-bond acceptors (Lipinski definition) is 7. The highest BCUT2D eigenvalue weighted by Gasteiger charge is 2.39. The second kappa shape index (κ2) is 10.6. The molecule has 5 heterocycles. The lowest BCUT2D eigenvalue weighted by molar-refractivity contribution is -0.00799. The number of anilines is 1. The summed E-state index contributed by atoms with van der Waals surface area (Å²) in [5.41, 5.74) is 0.389. The molecule has 2 fully saturated rings. The molecule has 2 aliphatic heterocycles. The molecule has 2 aliphatic rings. The lowest BCUT2D eigenvalue weighted by Gasteiger charge is -2.41. The van der Waals surface area contributed by atoms with E-state index in [9.17, 15) is 4.79 Å². The molecule has 5 rings (SSSR count). The number of nitrogens with one attached hydrogen (secondary N) is 2. The first kappa shape index (κ1) is 26.6. The van der Waals surface area contributed by atoms with Gasteiger partial charge in [-0.05, 0) is 52.3 Å². The number of amides is 1. The Bertz CT molecular complexity index is 1290. The Hall–Kier alpha value is -2.98. The number of likely N-dealkylation sites (tertiary alicyclic amines) is 2. The Morgan fingerprint density at radius 2 is 2.08 bits per heavy atom. The van der Waals surface area contributed by atoms with Crippen LogP contribution in [-0.4, -0.2) is 85.9 Å². The van der Waals surface area contributed by atoms with E-state index < -0.39 is 11.3 Å². The molecule has 1 atom stereocenters. The van der Waals surface area contributed by atoms with Gasteiger partial charge in [-0.3, -0.25) is 4.90 Å². The van der Waals surface area contributed by atoms with Crippen LogP contribution in [-0.2, 0) is 4.74 Å². The SMILES string of the molecule is CC(C)(C)OC(=O)N1CCC(F)(CN2CCC[C@@H](Nc3ncc(Cl)c(-c4c[nH]c5ncccc45)n3)C2)CC1. The molecule has 0 saturated carbocycles. The minimum atomic E-state index is -1.33. The van der Waals surface area contributed by atoms with E-state index in [2.05, 4.69) is 25.2 Å². The molecule has 3 aromatic heterocycles. The van der Waals surface area contributed by atoms with Crippen LogP contribution in [0.5, 0.6) is 0 Å². The van der Waals surface area contributed by atoms with Crippen molar-refractivity contribution in [1.29, 1.82) is 0 Å². The van der Waals surface area contributed by atoms with E-state index >= 15 is 4.39 Å². The van der Waals surface area contributed by atoms with E-state index in [1.54, 1.807) is 17.3 Å². The smallest absolute Gasteiger partial charge is 0.410 e. The van der Waals surface area contributed by atoms with Crippen LogP contribution >= 0.6 is 11.6 Å². The summed E-state index contributed by atoms with van der Waals surface area (Å²) in [4.78, 5) is 32.8. The number of H-pyrrole nitrogens is 1. The first-order valence-corrected chi connectivity index (χ1v) is 13.6. The topological polar surface area (TPSA) is 99.3 Å². The van der Waals surface area contributed by atoms with E-state index in [0.717, 1.165) is 36.0 Å². The van der Waals surface area contributed by atoms with Gasteiger partial charge in [0.05, 0.1) is 16.9 Å². The maximum absolute atomic E-state index is 15.8. The summed E-state index contributed by atoms with van der Waals surface area (Å²) in [6.45, 7) is 8.13. The van der Waals surface area contributed by atoms with Crippen molar-refractivity contribution in [3.63, 3.8) is 0 Å². The number of nitrogens with zero attached hydrogens (tertiary/aromatic N) is 5. The van der Waals surface area contributed by atoms with Gasteiger partial charge in [-0.25, -0.2) is 24.1 Å². The molecule has 9 nitrogen and oxygen atoms in total. The number of carbonyl (C=O) groups excluding carboxylic acids is 1.